The van der Waals surface area contributed by atoms with Crippen LogP contribution in [0.5, 0.6) is 0 Å². The highest BCUT2D eigenvalue weighted by atomic mass is 16.2. The number of carbonyl (C=O) groups excluding carboxylic acids is 1. The van der Waals surface area contributed by atoms with Crippen LogP contribution >= 0.6 is 0 Å². The van der Waals surface area contributed by atoms with E-state index in [0.29, 0.717) is 17.3 Å². The van der Waals surface area contributed by atoms with Crippen molar-refractivity contribution in [1.82, 2.24) is 10.3 Å². The van der Waals surface area contributed by atoms with Crippen LogP contribution in [0.3, 0.4) is 0 Å². The zero-order valence-electron chi connectivity index (χ0n) is 15.0. The van der Waals surface area contributed by atoms with Crippen molar-refractivity contribution in [2.75, 3.05) is 0 Å². The van der Waals surface area contributed by atoms with Gasteiger partial charge in [-0.25, -0.2) is 0 Å². The van der Waals surface area contributed by atoms with Gasteiger partial charge in [0.25, 0.3) is 0 Å². The van der Waals surface area contributed by atoms with Gasteiger partial charge in [-0.05, 0) is 67.9 Å². The van der Waals surface area contributed by atoms with Crippen LogP contribution in [0.2, 0.25) is 0 Å². The predicted octanol–water partition coefficient (Wildman–Crippen LogP) is 4.13. The van der Waals surface area contributed by atoms with E-state index in [1.54, 1.807) is 0 Å². The second-order valence-electron chi connectivity index (χ2n) is 8.52. The van der Waals surface area contributed by atoms with Crippen molar-refractivity contribution in [3.05, 3.63) is 47.7 Å². The highest BCUT2D eigenvalue weighted by molar-refractivity contribution is 5.86. The molecular formula is C22H26N2O. The minimum absolute atomic E-state index is 0.158. The Kier molecular flexibility index (Phi) is 3.19. The topological polar surface area (TPSA) is 44.9 Å². The summed E-state index contributed by atoms with van der Waals surface area (Å²) in [6, 6.07) is 6.56. The maximum Gasteiger partial charge on any atom is 0.223 e. The average molecular weight is 334 g/mol. The lowest BCUT2D eigenvalue weighted by Gasteiger charge is -2.22. The van der Waals surface area contributed by atoms with E-state index in [2.05, 4.69) is 60.7 Å². The van der Waals surface area contributed by atoms with Crippen LogP contribution in [0.1, 0.15) is 37.3 Å². The van der Waals surface area contributed by atoms with Crippen LogP contribution in [0.25, 0.3) is 10.9 Å². The lowest BCUT2D eigenvalue weighted by Crippen LogP contribution is -2.40. The van der Waals surface area contributed by atoms with Crippen LogP contribution in [-0.4, -0.2) is 16.9 Å². The number of rotatable bonds is 4. The summed E-state index contributed by atoms with van der Waals surface area (Å²) in [7, 11) is 0. The first kappa shape index (κ1) is 15.2. The Morgan fingerprint density at radius 1 is 1.36 bits per heavy atom. The first-order valence-electron chi connectivity index (χ1n) is 9.63. The van der Waals surface area contributed by atoms with Crippen LogP contribution in [0, 0.1) is 30.1 Å². The average Bonchev–Trinajstić information content (AvgIpc) is 3.08. The van der Waals surface area contributed by atoms with Crippen LogP contribution < -0.4 is 5.32 Å². The van der Waals surface area contributed by atoms with Gasteiger partial charge in [0.1, 0.15) is 0 Å². The molecule has 0 aliphatic heterocycles. The van der Waals surface area contributed by atoms with E-state index in [1.165, 1.54) is 34.9 Å². The minimum atomic E-state index is 0.158. The maximum atomic E-state index is 12.9. The Balaban J connectivity index is 1.28. The van der Waals surface area contributed by atoms with Gasteiger partial charge in [0.05, 0.1) is 0 Å². The van der Waals surface area contributed by atoms with Gasteiger partial charge in [-0.3, -0.25) is 4.79 Å². The molecule has 1 aromatic heterocycles. The number of fused-ring (bicyclic) bond motifs is 1. The van der Waals surface area contributed by atoms with Gasteiger partial charge in [-0.2, -0.15) is 0 Å². The number of amides is 1. The molecule has 0 unspecified atom stereocenters. The van der Waals surface area contributed by atoms with Gasteiger partial charge in [0.15, 0.2) is 0 Å². The van der Waals surface area contributed by atoms with Gasteiger partial charge < -0.3 is 10.3 Å². The Morgan fingerprint density at radius 3 is 2.96 bits per heavy atom. The van der Waals surface area contributed by atoms with Crippen molar-refractivity contribution in [3.63, 3.8) is 0 Å². The Bertz CT molecular complexity index is 873. The zero-order chi connectivity index (χ0) is 17.2. The number of nitrogens with one attached hydrogen (secondary N) is 2. The van der Waals surface area contributed by atoms with Gasteiger partial charge in [0.2, 0.25) is 5.91 Å². The fraction of sp³-hybridized carbons (Fsp3) is 0.500. The number of aromatic nitrogens is 1. The number of para-hydroxylation sites is 1. The third-order valence-electron chi connectivity index (χ3n) is 6.98. The lowest BCUT2D eigenvalue weighted by atomic mass is 9.88. The number of aryl methyl sites for hydroxylation is 1. The summed E-state index contributed by atoms with van der Waals surface area (Å²) < 4.78 is 0. The number of carbonyl (C=O) groups is 1. The smallest absolute Gasteiger partial charge is 0.223 e. The number of hydrogen-bond acceptors (Lipinski definition) is 1. The SMILES string of the molecule is Cc1cccc2c(C[C@H](C)NC(=O)[C@H]3C[C@H]4C=C[C@H]3C43CC3)c[nH]c12. The van der Waals surface area contributed by atoms with Crippen molar-refractivity contribution in [2.24, 2.45) is 23.2 Å². The molecule has 130 valence electrons. The predicted molar refractivity (Wildman–Crippen MR) is 100 cm³/mol. The fourth-order valence-corrected chi connectivity index (χ4v) is 5.53. The van der Waals surface area contributed by atoms with Gasteiger partial charge in [0, 0.05) is 29.1 Å². The zero-order valence-corrected chi connectivity index (χ0v) is 15.0. The van der Waals surface area contributed by atoms with Gasteiger partial charge >= 0.3 is 0 Å². The molecule has 3 heteroatoms. The van der Waals surface area contributed by atoms with Gasteiger partial charge in [-0.1, -0.05) is 30.4 Å². The molecule has 2 saturated carbocycles. The molecule has 1 heterocycles. The third-order valence-corrected chi connectivity index (χ3v) is 6.98. The van der Waals surface area contributed by atoms with E-state index < -0.39 is 0 Å². The first-order chi connectivity index (χ1) is 12.1. The maximum absolute atomic E-state index is 12.9. The second-order valence-corrected chi connectivity index (χ2v) is 8.52. The molecule has 3 aliphatic carbocycles. The van der Waals surface area contributed by atoms with E-state index >= 15 is 0 Å². The number of allylic oxidation sites excluding steroid dienone is 2. The lowest BCUT2D eigenvalue weighted by molar-refractivity contribution is -0.126. The molecule has 5 rings (SSSR count). The molecule has 4 atom stereocenters. The van der Waals surface area contributed by atoms with Gasteiger partial charge in [-0.15, -0.1) is 0 Å². The normalized spacial score (nSPS) is 29.4. The summed E-state index contributed by atoms with van der Waals surface area (Å²) in [5.74, 6) is 1.64. The molecule has 3 nitrogen and oxygen atoms in total. The first-order valence-corrected chi connectivity index (χ1v) is 9.63. The number of hydrogen-bond donors (Lipinski definition) is 2. The molecule has 2 fully saturated rings. The summed E-state index contributed by atoms with van der Waals surface area (Å²) in [6.07, 6.45) is 11.4. The molecule has 1 amide bonds. The molecule has 1 spiro atoms. The fourth-order valence-electron chi connectivity index (χ4n) is 5.53. The summed E-state index contributed by atoms with van der Waals surface area (Å²) >= 11 is 0. The van der Waals surface area contributed by atoms with E-state index in [-0.39, 0.29) is 17.9 Å². The van der Waals surface area contributed by atoms with E-state index in [4.69, 9.17) is 0 Å². The molecular weight excluding hydrogens is 308 g/mol. The molecule has 0 radical (unpaired) electrons. The number of aromatic amines is 1. The molecule has 2 aromatic rings. The summed E-state index contributed by atoms with van der Waals surface area (Å²) in [6.45, 7) is 4.26. The molecule has 3 aliphatic rings. The number of benzene rings is 1. The Hall–Kier alpha value is -2.03. The Labute approximate surface area is 148 Å². The van der Waals surface area contributed by atoms with E-state index in [0.717, 1.165) is 12.8 Å². The monoisotopic (exact) mass is 334 g/mol. The molecule has 25 heavy (non-hydrogen) atoms. The highest BCUT2D eigenvalue weighted by Gasteiger charge is 2.64. The molecule has 0 saturated heterocycles. The van der Waals surface area contributed by atoms with Crippen molar-refractivity contribution >= 4 is 16.8 Å². The van der Waals surface area contributed by atoms with Crippen LogP contribution in [-0.2, 0) is 11.2 Å². The quantitative estimate of drug-likeness (QED) is 0.812. The van der Waals surface area contributed by atoms with E-state index in [9.17, 15) is 4.79 Å². The van der Waals surface area contributed by atoms with Crippen LogP contribution in [0.15, 0.2) is 36.5 Å². The molecule has 1 aromatic carbocycles. The second kappa shape index (κ2) is 5.23. The standard InChI is InChI=1S/C22H26N2O/c1-13-4-3-5-17-15(12-23-20(13)17)10-14(2)24-21(25)18-11-16-6-7-19(18)22(16)8-9-22/h3-7,12,14,16,18-19,23H,8-11H2,1-2H3,(H,24,25)/t14-,16+,18-,19+/m0/s1. The number of H-pyrrole nitrogens is 1. The largest absolute Gasteiger partial charge is 0.361 e. The summed E-state index contributed by atoms with van der Waals surface area (Å²) in [5, 5.41) is 4.58. The van der Waals surface area contributed by atoms with Crippen molar-refractivity contribution in [1.29, 1.82) is 0 Å². The minimum Gasteiger partial charge on any atom is -0.361 e. The summed E-state index contributed by atoms with van der Waals surface area (Å²) in [5.41, 5.74) is 4.26. The molecule has 2 bridgehead atoms. The summed E-state index contributed by atoms with van der Waals surface area (Å²) in [4.78, 5) is 16.2. The Morgan fingerprint density at radius 2 is 2.20 bits per heavy atom. The van der Waals surface area contributed by atoms with E-state index in [1.807, 2.05) is 0 Å². The molecule has 2 N–H and O–H groups in total. The van der Waals surface area contributed by atoms with Crippen molar-refractivity contribution < 1.29 is 4.79 Å². The highest BCUT2D eigenvalue weighted by Crippen LogP contribution is 2.70. The third kappa shape index (κ3) is 2.21. The van der Waals surface area contributed by atoms with Crippen LogP contribution in [0.4, 0.5) is 0 Å². The van der Waals surface area contributed by atoms with Crippen molar-refractivity contribution in [3.8, 4) is 0 Å². The van der Waals surface area contributed by atoms with Crippen molar-refractivity contribution in [2.45, 2.75) is 45.6 Å².